The maximum absolute atomic E-state index is 4.31. The quantitative estimate of drug-likeness (QED) is 0.701. The van der Waals surface area contributed by atoms with Crippen LogP contribution < -0.4 is 5.32 Å². The number of aromatic nitrogens is 1. The van der Waals surface area contributed by atoms with Crippen molar-refractivity contribution < 1.29 is 0 Å². The molecule has 1 aromatic heterocycles. The minimum absolute atomic E-state index is 0.396. The number of rotatable bonds is 8. The zero-order valence-electron chi connectivity index (χ0n) is 12.4. The molecule has 2 nitrogen and oxygen atoms in total. The molecule has 0 bridgehead atoms. The molecule has 0 aliphatic rings. The Balaban J connectivity index is 2.25. The van der Waals surface area contributed by atoms with Crippen molar-refractivity contribution in [3.8, 4) is 0 Å². The molecule has 1 N–H and O–H groups in total. The van der Waals surface area contributed by atoms with Crippen LogP contribution in [0.5, 0.6) is 0 Å². The van der Waals surface area contributed by atoms with Gasteiger partial charge in [0.15, 0.2) is 0 Å². The van der Waals surface area contributed by atoms with Crippen LogP contribution in [0, 0.1) is 12.3 Å². The first kappa shape index (κ1) is 15.2. The fraction of sp³-hybridized carbons (Fsp3) is 0.688. The van der Waals surface area contributed by atoms with Crippen molar-refractivity contribution in [1.29, 1.82) is 0 Å². The van der Waals surface area contributed by atoms with Gasteiger partial charge >= 0.3 is 0 Å². The summed E-state index contributed by atoms with van der Waals surface area (Å²) < 4.78 is 0. The summed E-state index contributed by atoms with van der Waals surface area (Å²) in [4.78, 5) is 4.31. The van der Waals surface area contributed by atoms with Gasteiger partial charge in [0.25, 0.3) is 0 Å². The van der Waals surface area contributed by atoms with E-state index in [1.54, 1.807) is 0 Å². The second-order valence-corrected chi connectivity index (χ2v) is 6.03. The van der Waals surface area contributed by atoms with Gasteiger partial charge in [-0.1, -0.05) is 46.1 Å². The fourth-order valence-electron chi connectivity index (χ4n) is 2.09. The molecule has 2 heteroatoms. The number of hydrogen-bond acceptors (Lipinski definition) is 2. The van der Waals surface area contributed by atoms with Gasteiger partial charge in [-0.3, -0.25) is 4.98 Å². The normalized spacial score (nSPS) is 11.8. The molecular weight excluding hydrogens is 220 g/mol. The lowest BCUT2D eigenvalue weighted by Crippen LogP contribution is -2.29. The van der Waals surface area contributed by atoms with Gasteiger partial charge < -0.3 is 5.32 Å². The van der Waals surface area contributed by atoms with Crippen molar-refractivity contribution in [1.82, 2.24) is 10.3 Å². The minimum atomic E-state index is 0.396. The summed E-state index contributed by atoms with van der Waals surface area (Å²) in [6, 6.07) is 4.23. The van der Waals surface area contributed by atoms with E-state index in [4.69, 9.17) is 0 Å². The molecule has 0 unspecified atom stereocenters. The Morgan fingerprint density at radius 1 is 1.22 bits per heavy atom. The number of hydrogen-bond donors (Lipinski definition) is 1. The molecule has 0 aromatic carbocycles. The van der Waals surface area contributed by atoms with Gasteiger partial charge in [0.2, 0.25) is 0 Å². The van der Waals surface area contributed by atoms with E-state index in [0.717, 1.165) is 18.8 Å². The summed E-state index contributed by atoms with van der Waals surface area (Å²) in [7, 11) is 0. The van der Waals surface area contributed by atoms with Gasteiger partial charge in [-0.2, -0.15) is 0 Å². The summed E-state index contributed by atoms with van der Waals surface area (Å²) in [5.41, 5.74) is 2.75. The molecular formula is C16H28N2. The van der Waals surface area contributed by atoms with Crippen LogP contribution in [0.25, 0.3) is 0 Å². The zero-order valence-corrected chi connectivity index (χ0v) is 12.4. The van der Waals surface area contributed by atoms with Gasteiger partial charge in [0, 0.05) is 25.0 Å². The topological polar surface area (TPSA) is 24.9 Å². The number of aryl methyl sites for hydroxylation is 1. The van der Waals surface area contributed by atoms with Gasteiger partial charge in [-0.25, -0.2) is 0 Å². The van der Waals surface area contributed by atoms with E-state index in [0.29, 0.717) is 5.41 Å². The largest absolute Gasteiger partial charge is 0.312 e. The minimum Gasteiger partial charge on any atom is -0.312 e. The fourth-order valence-corrected chi connectivity index (χ4v) is 2.09. The Morgan fingerprint density at radius 3 is 2.61 bits per heavy atom. The molecule has 0 aliphatic heterocycles. The highest BCUT2D eigenvalue weighted by Gasteiger charge is 2.16. The lowest BCUT2D eigenvalue weighted by Gasteiger charge is -2.25. The smallest absolute Gasteiger partial charge is 0.0372 e. The van der Waals surface area contributed by atoms with Crippen LogP contribution in [0.2, 0.25) is 0 Å². The first-order chi connectivity index (χ1) is 8.53. The van der Waals surface area contributed by atoms with E-state index in [1.807, 2.05) is 13.1 Å². The molecule has 0 atom stereocenters. The second kappa shape index (κ2) is 7.52. The second-order valence-electron chi connectivity index (χ2n) is 6.03. The third-order valence-corrected chi connectivity index (χ3v) is 3.36. The molecule has 18 heavy (non-hydrogen) atoms. The highest BCUT2D eigenvalue weighted by atomic mass is 14.9. The number of unbranched alkanes of at least 4 members (excludes halogenated alkanes) is 2. The Kier molecular flexibility index (Phi) is 6.34. The Hall–Kier alpha value is -0.890. The van der Waals surface area contributed by atoms with Crippen LogP contribution in [0.1, 0.15) is 57.7 Å². The molecule has 0 radical (unpaired) electrons. The van der Waals surface area contributed by atoms with Crippen molar-refractivity contribution in [3.05, 3.63) is 29.6 Å². The van der Waals surface area contributed by atoms with Crippen LogP contribution >= 0.6 is 0 Å². The predicted molar refractivity (Wildman–Crippen MR) is 78.6 cm³/mol. The van der Waals surface area contributed by atoms with E-state index >= 15 is 0 Å². The highest BCUT2D eigenvalue weighted by molar-refractivity contribution is 5.12. The molecule has 102 valence electrons. The summed E-state index contributed by atoms with van der Waals surface area (Å²) in [5, 5.41) is 3.55. The third kappa shape index (κ3) is 6.15. The average molecular weight is 248 g/mol. The van der Waals surface area contributed by atoms with Crippen molar-refractivity contribution in [3.63, 3.8) is 0 Å². The summed E-state index contributed by atoms with van der Waals surface area (Å²) >= 11 is 0. The lowest BCUT2D eigenvalue weighted by molar-refractivity contribution is 0.302. The lowest BCUT2D eigenvalue weighted by atomic mass is 9.87. The predicted octanol–water partition coefficient (Wildman–Crippen LogP) is 4.09. The van der Waals surface area contributed by atoms with E-state index < -0.39 is 0 Å². The molecule has 1 aromatic rings. The first-order valence-corrected chi connectivity index (χ1v) is 7.16. The zero-order chi connectivity index (χ0) is 13.4. The van der Waals surface area contributed by atoms with Crippen molar-refractivity contribution in [2.75, 3.05) is 6.54 Å². The van der Waals surface area contributed by atoms with Crippen molar-refractivity contribution in [2.24, 2.45) is 5.41 Å². The van der Waals surface area contributed by atoms with Crippen molar-refractivity contribution in [2.45, 2.75) is 59.9 Å². The molecule has 0 spiro atoms. The summed E-state index contributed by atoms with van der Waals surface area (Å²) in [5.74, 6) is 0. The Morgan fingerprint density at radius 2 is 2.00 bits per heavy atom. The summed E-state index contributed by atoms with van der Waals surface area (Å²) in [6.07, 6.45) is 7.27. The monoisotopic (exact) mass is 248 g/mol. The first-order valence-electron chi connectivity index (χ1n) is 7.16. The van der Waals surface area contributed by atoms with Crippen LogP contribution in [-0.4, -0.2) is 11.5 Å². The van der Waals surface area contributed by atoms with Gasteiger partial charge in [0.05, 0.1) is 0 Å². The Bertz CT molecular complexity index is 327. The van der Waals surface area contributed by atoms with Gasteiger partial charge in [-0.05, 0) is 30.4 Å². The van der Waals surface area contributed by atoms with Crippen LogP contribution in [0.3, 0.4) is 0 Å². The van der Waals surface area contributed by atoms with E-state index in [2.05, 4.69) is 43.2 Å². The molecule has 1 heterocycles. The molecule has 0 saturated heterocycles. The molecule has 0 amide bonds. The molecule has 0 aliphatic carbocycles. The molecule has 1 rings (SSSR count). The van der Waals surface area contributed by atoms with Crippen molar-refractivity contribution >= 4 is 0 Å². The number of nitrogens with zero attached hydrogens (tertiary/aromatic N) is 1. The standard InChI is InChI=1S/C16H28N2/c1-5-6-7-10-16(3,4)13-17-11-15-9-8-14(2)18-12-15/h8-9,12,17H,5-7,10-11,13H2,1-4H3. The van der Waals surface area contributed by atoms with Gasteiger partial charge in [-0.15, -0.1) is 0 Å². The van der Waals surface area contributed by atoms with Crippen LogP contribution in [-0.2, 0) is 6.54 Å². The number of pyridine rings is 1. The highest BCUT2D eigenvalue weighted by Crippen LogP contribution is 2.22. The molecule has 0 fully saturated rings. The van der Waals surface area contributed by atoms with Crippen LogP contribution in [0.4, 0.5) is 0 Å². The maximum Gasteiger partial charge on any atom is 0.0372 e. The molecule has 0 saturated carbocycles. The average Bonchev–Trinajstić information content (AvgIpc) is 2.32. The summed E-state index contributed by atoms with van der Waals surface area (Å²) in [6.45, 7) is 11.0. The third-order valence-electron chi connectivity index (χ3n) is 3.36. The van der Waals surface area contributed by atoms with E-state index in [-0.39, 0.29) is 0 Å². The number of nitrogens with one attached hydrogen (secondary N) is 1. The Labute approximate surface area is 112 Å². The van der Waals surface area contributed by atoms with E-state index in [1.165, 1.54) is 31.2 Å². The van der Waals surface area contributed by atoms with Crippen LogP contribution in [0.15, 0.2) is 18.3 Å². The van der Waals surface area contributed by atoms with Gasteiger partial charge in [0.1, 0.15) is 0 Å². The van der Waals surface area contributed by atoms with E-state index in [9.17, 15) is 0 Å². The SMILES string of the molecule is CCCCCC(C)(C)CNCc1ccc(C)nc1. The maximum atomic E-state index is 4.31.